The minimum atomic E-state index is 0.529. The summed E-state index contributed by atoms with van der Waals surface area (Å²) in [6.07, 6.45) is 1.06. The first-order chi connectivity index (χ1) is 7.83. The lowest BCUT2D eigenvalue weighted by molar-refractivity contribution is 0.742. The molecule has 0 radical (unpaired) electrons. The molecule has 1 atom stereocenters. The average molecular weight is 229 g/mol. The van der Waals surface area contributed by atoms with Crippen molar-refractivity contribution in [1.82, 2.24) is 0 Å². The summed E-state index contributed by atoms with van der Waals surface area (Å²) < 4.78 is 0. The summed E-state index contributed by atoms with van der Waals surface area (Å²) in [5.74, 6) is 0.529. The van der Waals surface area contributed by atoms with Gasteiger partial charge >= 0.3 is 0 Å². The lowest BCUT2D eigenvalue weighted by atomic mass is 9.93. The Kier molecular flexibility index (Phi) is 2.34. The normalized spacial score (nSPS) is 17.2. The van der Waals surface area contributed by atoms with Gasteiger partial charge in [0.1, 0.15) is 0 Å². The van der Waals surface area contributed by atoms with Gasteiger partial charge in [0.25, 0.3) is 0 Å². The van der Waals surface area contributed by atoms with Gasteiger partial charge in [-0.3, -0.25) is 0 Å². The highest BCUT2D eigenvalue weighted by molar-refractivity contribution is 7.14. The van der Waals surface area contributed by atoms with Gasteiger partial charge in [0.05, 0.1) is 0 Å². The maximum absolute atomic E-state index is 5.73. The highest BCUT2D eigenvalue weighted by Gasteiger charge is 2.29. The van der Waals surface area contributed by atoms with Crippen molar-refractivity contribution >= 4 is 11.3 Å². The zero-order valence-corrected chi connectivity index (χ0v) is 10.2. The van der Waals surface area contributed by atoms with Crippen LogP contribution in [0.1, 0.15) is 29.0 Å². The highest BCUT2D eigenvalue weighted by Crippen LogP contribution is 2.50. The Morgan fingerprint density at radius 1 is 1.25 bits per heavy atom. The molecule has 1 aromatic heterocycles. The molecule has 1 heterocycles. The monoisotopic (exact) mass is 229 g/mol. The second-order valence-corrected chi connectivity index (χ2v) is 5.29. The fourth-order valence-electron chi connectivity index (χ4n) is 2.73. The fourth-order valence-corrected chi connectivity index (χ4v) is 3.83. The van der Waals surface area contributed by atoms with Gasteiger partial charge in [-0.1, -0.05) is 18.2 Å². The molecule has 2 aromatic rings. The van der Waals surface area contributed by atoms with Crippen molar-refractivity contribution in [3.63, 3.8) is 0 Å². The molecule has 1 nitrogen and oxygen atoms in total. The van der Waals surface area contributed by atoms with Crippen molar-refractivity contribution in [2.45, 2.75) is 19.3 Å². The van der Waals surface area contributed by atoms with E-state index in [-0.39, 0.29) is 0 Å². The lowest BCUT2D eigenvalue weighted by Crippen LogP contribution is -2.06. The van der Waals surface area contributed by atoms with Crippen LogP contribution < -0.4 is 5.73 Å². The van der Waals surface area contributed by atoms with Gasteiger partial charge in [-0.2, -0.15) is 0 Å². The summed E-state index contributed by atoms with van der Waals surface area (Å²) in [6.45, 7) is 2.96. The van der Waals surface area contributed by atoms with E-state index < -0.39 is 0 Å². The summed E-state index contributed by atoms with van der Waals surface area (Å²) >= 11 is 1.86. The Bertz CT molecular complexity index is 527. The predicted molar refractivity (Wildman–Crippen MR) is 70.0 cm³/mol. The molecule has 0 fully saturated rings. The van der Waals surface area contributed by atoms with E-state index in [4.69, 9.17) is 5.73 Å². The first kappa shape index (κ1) is 10.1. The number of hydrogen-bond donors (Lipinski definition) is 1. The van der Waals surface area contributed by atoms with Gasteiger partial charge in [-0.15, -0.1) is 11.3 Å². The summed E-state index contributed by atoms with van der Waals surface area (Å²) in [5.41, 5.74) is 11.6. The van der Waals surface area contributed by atoms with E-state index in [0.29, 0.717) is 5.92 Å². The van der Waals surface area contributed by atoms with Crippen LogP contribution in [0.4, 0.5) is 0 Å². The molecule has 0 saturated heterocycles. The molecule has 0 bridgehead atoms. The van der Waals surface area contributed by atoms with Crippen LogP contribution in [-0.4, -0.2) is 6.54 Å². The minimum absolute atomic E-state index is 0.529. The van der Waals surface area contributed by atoms with E-state index in [1.54, 1.807) is 0 Å². The van der Waals surface area contributed by atoms with Crippen molar-refractivity contribution in [2.24, 2.45) is 5.73 Å². The minimum Gasteiger partial charge on any atom is -0.330 e. The van der Waals surface area contributed by atoms with Crippen LogP contribution in [0.25, 0.3) is 10.4 Å². The number of rotatable bonds is 2. The molecule has 0 aliphatic heterocycles. The molecular formula is C14H15NS. The summed E-state index contributed by atoms with van der Waals surface area (Å²) in [7, 11) is 0. The van der Waals surface area contributed by atoms with Gasteiger partial charge in [0.15, 0.2) is 0 Å². The summed E-state index contributed by atoms with van der Waals surface area (Å²) in [6, 6.07) is 8.89. The van der Waals surface area contributed by atoms with Crippen molar-refractivity contribution < 1.29 is 0 Å². The van der Waals surface area contributed by atoms with Crippen molar-refractivity contribution in [2.75, 3.05) is 6.54 Å². The predicted octanol–water partition coefficient (Wildman–Crippen LogP) is 3.52. The van der Waals surface area contributed by atoms with E-state index in [1.165, 1.54) is 27.1 Å². The van der Waals surface area contributed by atoms with Crippen LogP contribution in [0.15, 0.2) is 29.6 Å². The van der Waals surface area contributed by atoms with Crippen LogP contribution in [0.5, 0.6) is 0 Å². The standard InChI is InChI=1S/C14H15NS/c1-9-3-2-4-11-10(5-7-15)12-6-8-16-14(12)13(9)11/h2-4,6,8,10H,5,7,15H2,1H3. The second kappa shape index (κ2) is 3.72. The van der Waals surface area contributed by atoms with Crippen LogP contribution >= 0.6 is 11.3 Å². The molecule has 1 aliphatic carbocycles. The SMILES string of the molecule is Cc1cccc2c1-c1sccc1C2CCN. The Balaban J connectivity index is 2.24. The first-order valence-electron chi connectivity index (χ1n) is 5.70. The maximum atomic E-state index is 5.73. The van der Waals surface area contributed by atoms with Gasteiger partial charge in [0, 0.05) is 10.8 Å². The zero-order valence-electron chi connectivity index (χ0n) is 9.36. The van der Waals surface area contributed by atoms with Gasteiger partial charge in [-0.05, 0) is 53.6 Å². The number of nitrogens with two attached hydrogens (primary N) is 1. The average Bonchev–Trinajstić information content (AvgIpc) is 2.82. The molecule has 1 unspecified atom stereocenters. The van der Waals surface area contributed by atoms with Gasteiger partial charge in [0.2, 0.25) is 0 Å². The molecule has 0 amide bonds. The van der Waals surface area contributed by atoms with Crippen LogP contribution in [0.3, 0.4) is 0 Å². The smallest absolute Gasteiger partial charge is 0.0386 e. The quantitative estimate of drug-likeness (QED) is 0.837. The largest absolute Gasteiger partial charge is 0.330 e. The van der Waals surface area contributed by atoms with Crippen molar-refractivity contribution in [1.29, 1.82) is 0 Å². The molecular weight excluding hydrogens is 214 g/mol. The molecule has 1 aliphatic rings. The van der Waals surface area contributed by atoms with Crippen LogP contribution in [-0.2, 0) is 0 Å². The molecule has 82 valence electrons. The Morgan fingerprint density at radius 2 is 2.12 bits per heavy atom. The summed E-state index contributed by atoms with van der Waals surface area (Å²) in [4.78, 5) is 1.46. The van der Waals surface area contributed by atoms with E-state index in [1.807, 2.05) is 11.3 Å². The number of aryl methyl sites for hydroxylation is 1. The Morgan fingerprint density at radius 3 is 2.94 bits per heavy atom. The third-order valence-corrected chi connectivity index (χ3v) is 4.38. The molecule has 0 saturated carbocycles. The molecule has 1 aromatic carbocycles. The Hall–Kier alpha value is -1.12. The Labute approximate surface area is 99.9 Å². The molecule has 2 heteroatoms. The number of hydrogen-bond acceptors (Lipinski definition) is 2. The topological polar surface area (TPSA) is 26.0 Å². The summed E-state index contributed by atoms with van der Waals surface area (Å²) in [5, 5.41) is 2.20. The second-order valence-electron chi connectivity index (χ2n) is 4.37. The number of thiophene rings is 1. The van der Waals surface area contributed by atoms with Crippen molar-refractivity contribution in [3.8, 4) is 10.4 Å². The fraction of sp³-hybridized carbons (Fsp3) is 0.286. The van der Waals surface area contributed by atoms with E-state index in [9.17, 15) is 0 Å². The number of benzene rings is 1. The van der Waals surface area contributed by atoms with E-state index in [0.717, 1.165) is 13.0 Å². The van der Waals surface area contributed by atoms with Gasteiger partial charge in [-0.25, -0.2) is 0 Å². The zero-order chi connectivity index (χ0) is 11.1. The molecule has 16 heavy (non-hydrogen) atoms. The van der Waals surface area contributed by atoms with Crippen molar-refractivity contribution in [3.05, 3.63) is 46.3 Å². The van der Waals surface area contributed by atoms with E-state index in [2.05, 4.69) is 36.6 Å². The third kappa shape index (κ3) is 1.27. The first-order valence-corrected chi connectivity index (χ1v) is 6.58. The number of fused-ring (bicyclic) bond motifs is 3. The van der Waals surface area contributed by atoms with Crippen LogP contribution in [0, 0.1) is 6.92 Å². The third-order valence-electron chi connectivity index (χ3n) is 3.43. The maximum Gasteiger partial charge on any atom is 0.0386 e. The highest BCUT2D eigenvalue weighted by atomic mass is 32.1. The molecule has 3 rings (SSSR count). The molecule has 0 spiro atoms. The van der Waals surface area contributed by atoms with Crippen LogP contribution in [0.2, 0.25) is 0 Å². The lowest BCUT2D eigenvalue weighted by Gasteiger charge is -2.11. The van der Waals surface area contributed by atoms with Gasteiger partial charge < -0.3 is 5.73 Å². The van der Waals surface area contributed by atoms with E-state index >= 15 is 0 Å². The molecule has 2 N–H and O–H groups in total.